The van der Waals surface area contributed by atoms with Crippen LogP contribution in [0.15, 0.2) is 71.3 Å². The molecular formula is C26H25ClN4O2. The van der Waals surface area contributed by atoms with Gasteiger partial charge in [0.25, 0.3) is 5.91 Å². The zero-order chi connectivity index (χ0) is 22.9. The minimum Gasteiger partial charge on any atom is -0.464 e. The molecule has 168 valence electrons. The quantitative estimate of drug-likeness (QED) is 0.411. The number of hydrogen-bond acceptors (Lipinski definition) is 5. The number of halogens is 1. The van der Waals surface area contributed by atoms with E-state index in [0.717, 1.165) is 17.6 Å². The van der Waals surface area contributed by atoms with E-state index >= 15 is 0 Å². The van der Waals surface area contributed by atoms with Crippen molar-refractivity contribution in [2.24, 2.45) is 0 Å². The molecule has 1 amide bonds. The number of amides is 1. The molecule has 0 bridgehead atoms. The zero-order valence-electron chi connectivity index (χ0n) is 18.6. The summed E-state index contributed by atoms with van der Waals surface area (Å²) in [6.45, 7) is 6.28. The maximum Gasteiger partial charge on any atom is 0.272 e. The molecule has 4 aromatic rings. The molecule has 3 heterocycles. The second-order valence-corrected chi connectivity index (χ2v) is 8.89. The summed E-state index contributed by atoms with van der Waals surface area (Å²) in [6, 6.07) is 19.6. The predicted octanol–water partition coefficient (Wildman–Crippen LogP) is 5.88. The second kappa shape index (κ2) is 8.79. The normalized spacial score (nSPS) is 16.3. The number of carbonyl (C=O) groups is 1. The van der Waals surface area contributed by atoms with Crippen molar-refractivity contribution < 1.29 is 9.21 Å². The number of rotatable bonds is 4. The number of hydrogen-bond donors (Lipinski definition) is 1. The van der Waals surface area contributed by atoms with E-state index in [2.05, 4.69) is 53.3 Å². The summed E-state index contributed by atoms with van der Waals surface area (Å²) in [5.74, 6) is 0.488. The van der Waals surface area contributed by atoms with Crippen molar-refractivity contribution in [3.8, 4) is 0 Å². The number of pyridine rings is 1. The SMILES string of the molecule is Cc1cccc(N2CCN(C(=O)c3cc4occc4c(Nc4ccc(Cl)cc4)n3)C[C@@H]2C)c1. The van der Waals surface area contributed by atoms with Gasteiger partial charge in [0, 0.05) is 48.1 Å². The number of aromatic nitrogens is 1. The average molecular weight is 461 g/mol. The van der Waals surface area contributed by atoms with E-state index in [0.29, 0.717) is 35.2 Å². The smallest absolute Gasteiger partial charge is 0.272 e. The average Bonchev–Trinajstić information content (AvgIpc) is 3.29. The maximum atomic E-state index is 13.4. The fourth-order valence-corrected chi connectivity index (χ4v) is 4.46. The zero-order valence-corrected chi connectivity index (χ0v) is 19.3. The first-order valence-electron chi connectivity index (χ1n) is 11.0. The summed E-state index contributed by atoms with van der Waals surface area (Å²) in [4.78, 5) is 22.3. The van der Waals surface area contributed by atoms with Crippen LogP contribution in [0.5, 0.6) is 0 Å². The standard InChI is InChI=1S/C26H25ClN4O2/c1-17-4-3-5-21(14-17)31-12-11-30(16-18(31)2)26(32)23-15-24-22(10-13-33-24)25(29-23)28-20-8-6-19(27)7-9-20/h3-10,13-15,18H,11-12,16H2,1-2H3,(H,28,29)/t18-/m0/s1. The Hall–Kier alpha value is -3.51. The first-order valence-corrected chi connectivity index (χ1v) is 11.4. The highest BCUT2D eigenvalue weighted by Gasteiger charge is 2.29. The summed E-state index contributed by atoms with van der Waals surface area (Å²) in [6.07, 6.45) is 1.61. The largest absolute Gasteiger partial charge is 0.464 e. The summed E-state index contributed by atoms with van der Waals surface area (Å²) in [5.41, 5.74) is 4.25. The highest BCUT2D eigenvalue weighted by atomic mass is 35.5. The summed E-state index contributed by atoms with van der Waals surface area (Å²) < 4.78 is 5.62. The molecule has 0 spiro atoms. The van der Waals surface area contributed by atoms with Crippen LogP contribution in [-0.2, 0) is 0 Å². The van der Waals surface area contributed by atoms with Gasteiger partial charge in [-0.1, -0.05) is 23.7 Å². The third-order valence-electron chi connectivity index (χ3n) is 6.02. The van der Waals surface area contributed by atoms with Crippen LogP contribution < -0.4 is 10.2 Å². The number of aryl methyl sites for hydroxylation is 1. The Labute approximate surface area is 197 Å². The fourth-order valence-electron chi connectivity index (χ4n) is 4.33. The molecule has 0 saturated carbocycles. The van der Waals surface area contributed by atoms with Gasteiger partial charge < -0.3 is 19.5 Å². The van der Waals surface area contributed by atoms with E-state index in [4.69, 9.17) is 16.0 Å². The van der Waals surface area contributed by atoms with E-state index < -0.39 is 0 Å². The summed E-state index contributed by atoms with van der Waals surface area (Å²) in [7, 11) is 0. The molecule has 1 fully saturated rings. The van der Waals surface area contributed by atoms with Crippen LogP contribution in [0.4, 0.5) is 17.2 Å². The molecule has 0 aliphatic carbocycles. The third kappa shape index (κ3) is 4.39. The number of benzene rings is 2. The van der Waals surface area contributed by atoms with Crippen molar-refractivity contribution in [1.82, 2.24) is 9.88 Å². The highest BCUT2D eigenvalue weighted by molar-refractivity contribution is 6.30. The van der Waals surface area contributed by atoms with Gasteiger partial charge in [0.15, 0.2) is 0 Å². The fraction of sp³-hybridized carbons (Fsp3) is 0.231. The van der Waals surface area contributed by atoms with Crippen LogP contribution in [0.2, 0.25) is 5.02 Å². The predicted molar refractivity (Wildman–Crippen MR) is 133 cm³/mol. The lowest BCUT2D eigenvalue weighted by Gasteiger charge is -2.41. The van der Waals surface area contributed by atoms with Crippen molar-refractivity contribution >= 4 is 45.7 Å². The molecule has 6 nitrogen and oxygen atoms in total. The van der Waals surface area contributed by atoms with Crippen LogP contribution in [0.25, 0.3) is 11.0 Å². The molecule has 33 heavy (non-hydrogen) atoms. The summed E-state index contributed by atoms with van der Waals surface area (Å²) in [5, 5.41) is 4.77. The molecule has 1 atom stereocenters. The molecule has 5 rings (SSSR count). The van der Waals surface area contributed by atoms with Gasteiger partial charge in [-0.15, -0.1) is 0 Å². The minimum atomic E-state index is -0.0943. The Balaban J connectivity index is 1.38. The van der Waals surface area contributed by atoms with E-state index in [1.54, 1.807) is 24.5 Å². The number of furan rings is 1. The number of anilines is 3. The lowest BCUT2D eigenvalue weighted by molar-refractivity contribution is 0.0720. The molecule has 2 aromatic carbocycles. The molecule has 0 unspecified atom stereocenters. The first kappa shape index (κ1) is 21.3. The number of nitrogens with zero attached hydrogens (tertiary/aromatic N) is 3. The van der Waals surface area contributed by atoms with Gasteiger partial charge in [-0.05, 0) is 61.9 Å². The van der Waals surface area contributed by atoms with Crippen molar-refractivity contribution in [2.45, 2.75) is 19.9 Å². The van der Waals surface area contributed by atoms with Gasteiger partial charge in [0.05, 0.1) is 11.6 Å². The number of carbonyl (C=O) groups excluding carboxylic acids is 1. The Kier molecular flexibility index (Phi) is 5.68. The Bertz CT molecular complexity index is 1300. The van der Waals surface area contributed by atoms with Crippen LogP contribution in [-0.4, -0.2) is 41.5 Å². The Morgan fingerprint density at radius 2 is 1.94 bits per heavy atom. The van der Waals surface area contributed by atoms with Gasteiger partial charge in [-0.2, -0.15) is 0 Å². The molecule has 1 saturated heterocycles. The third-order valence-corrected chi connectivity index (χ3v) is 6.28. The molecule has 1 aliphatic heterocycles. The van der Waals surface area contributed by atoms with Crippen LogP contribution in [0.3, 0.4) is 0 Å². The van der Waals surface area contributed by atoms with Gasteiger partial charge in [-0.3, -0.25) is 4.79 Å². The summed E-state index contributed by atoms with van der Waals surface area (Å²) >= 11 is 6.00. The van der Waals surface area contributed by atoms with E-state index in [1.165, 1.54) is 11.3 Å². The van der Waals surface area contributed by atoms with Gasteiger partial charge in [0.2, 0.25) is 0 Å². The maximum absolute atomic E-state index is 13.4. The van der Waals surface area contributed by atoms with Gasteiger partial charge in [-0.25, -0.2) is 4.98 Å². The molecule has 0 radical (unpaired) electrons. The number of nitrogens with one attached hydrogen (secondary N) is 1. The van der Waals surface area contributed by atoms with E-state index in [1.807, 2.05) is 23.1 Å². The van der Waals surface area contributed by atoms with Crippen molar-refractivity contribution in [2.75, 3.05) is 29.9 Å². The highest BCUT2D eigenvalue weighted by Crippen LogP contribution is 2.28. The Morgan fingerprint density at radius 1 is 1.12 bits per heavy atom. The Morgan fingerprint density at radius 3 is 2.70 bits per heavy atom. The van der Waals surface area contributed by atoms with Crippen molar-refractivity contribution in [3.63, 3.8) is 0 Å². The lowest BCUT2D eigenvalue weighted by atomic mass is 10.1. The minimum absolute atomic E-state index is 0.0943. The van der Waals surface area contributed by atoms with Crippen molar-refractivity contribution in [1.29, 1.82) is 0 Å². The number of fused-ring (bicyclic) bond motifs is 1. The second-order valence-electron chi connectivity index (χ2n) is 8.45. The topological polar surface area (TPSA) is 61.6 Å². The van der Waals surface area contributed by atoms with E-state index in [-0.39, 0.29) is 11.9 Å². The van der Waals surface area contributed by atoms with Crippen LogP contribution in [0, 0.1) is 6.92 Å². The van der Waals surface area contributed by atoms with E-state index in [9.17, 15) is 4.79 Å². The monoisotopic (exact) mass is 460 g/mol. The molecule has 1 aliphatic rings. The molecule has 2 aromatic heterocycles. The number of piperazine rings is 1. The van der Waals surface area contributed by atoms with Crippen LogP contribution >= 0.6 is 11.6 Å². The van der Waals surface area contributed by atoms with Crippen LogP contribution in [0.1, 0.15) is 23.0 Å². The molecule has 1 N–H and O–H groups in total. The van der Waals surface area contributed by atoms with Crippen molar-refractivity contribution in [3.05, 3.63) is 83.2 Å². The molecule has 7 heteroatoms. The first-order chi connectivity index (χ1) is 16.0. The molecular weight excluding hydrogens is 436 g/mol. The van der Waals surface area contributed by atoms with Gasteiger partial charge >= 0.3 is 0 Å². The van der Waals surface area contributed by atoms with Gasteiger partial charge in [0.1, 0.15) is 17.1 Å². The lowest BCUT2D eigenvalue weighted by Crippen LogP contribution is -2.54.